The fourth-order valence-electron chi connectivity index (χ4n) is 0.112. The van der Waals surface area contributed by atoms with Crippen molar-refractivity contribution in [1.82, 2.24) is 0 Å². The normalized spacial score (nSPS) is 11.8. The van der Waals surface area contributed by atoms with Crippen molar-refractivity contribution in [3.63, 3.8) is 0 Å². The summed E-state index contributed by atoms with van der Waals surface area (Å²) < 4.78 is 29.9. The number of thiol groups is 1. The van der Waals surface area contributed by atoms with Gasteiger partial charge in [-0.25, -0.2) is 8.42 Å². The number of hydrogen-bond acceptors (Lipinski definition) is 4. The number of rotatable bonds is 2. The summed E-state index contributed by atoms with van der Waals surface area (Å²) in [4.78, 5) is 0. The third-order valence-corrected chi connectivity index (χ3v) is 1.57. The van der Waals surface area contributed by atoms with Gasteiger partial charge in [0, 0.05) is 11.5 Å². The van der Waals surface area contributed by atoms with Gasteiger partial charge in [-0.3, -0.25) is 0 Å². The van der Waals surface area contributed by atoms with Gasteiger partial charge < -0.3 is 9.04 Å². The fraction of sp³-hybridized carbons (Fsp3) is 1.00. The van der Waals surface area contributed by atoms with E-state index in [9.17, 15) is 13.0 Å². The number of nitrogens with zero attached hydrogens (tertiary/aromatic N) is 1. The summed E-state index contributed by atoms with van der Waals surface area (Å²) in [5, 5.41) is 0. The molecule has 6 heteroatoms. The van der Waals surface area contributed by atoms with Gasteiger partial charge in [0.05, 0.1) is 38.3 Å². The van der Waals surface area contributed by atoms with Crippen molar-refractivity contribution >= 4 is 22.7 Å². The first-order valence-electron chi connectivity index (χ1n) is 3.39. The van der Waals surface area contributed by atoms with E-state index in [0.29, 0.717) is 0 Å². The van der Waals surface area contributed by atoms with Crippen LogP contribution in [0.25, 0.3) is 0 Å². The minimum absolute atomic E-state index is 0.103. The van der Waals surface area contributed by atoms with Crippen LogP contribution < -0.4 is 0 Å². The summed E-state index contributed by atoms with van der Waals surface area (Å²) in [5.74, 6) is -0.276. The maximum Gasteiger partial charge on any atom is 0.0954 e. The Morgan fingerprint density at radius 2 is 1.50 bits per heavy atom. The van der Waals surface area contributed by atoms with Gasteiger partial charge in [-0.2, -0.15) is 12.6 Å². The van der Waals surface area contributed by atoms with Gasteiger partial charge in [0.15, 0.2) is 0 Å². The molecule has 0 rings (SSSR count). The molecule has 0 aliphatic carbocycles. The molecule has 0 spiro atoms. The Kier molecular flexibility index (Phi) is 7.11. The van der Waals surface area contributed by atoms with E-state index in [0.717, 1.165) is 4.48 Å². The first-order valence-corrected chi connectivity index (χ1v) is 5.60. The molecule has 0 saturated heterocycles. The van der Waals surface area contributed by atoms with Crippen LogP contribution in [0.3, 0.4) is 0 Å². The molecule has 0 saturated carbocycles. The molecule has 0 aromatic heterocycles. The van der Waals surface area contributed by atoms with Crippen molar-refractivity contribution in [1.29, 1.82) is 0 Å². The molecular formula is C6H17NO3S2. The highest BCUT2D eigenvalue weighted by molar-refractivity contribution is 7.87. The molecule has 0 aliphatic rings. The summed E-state index contributed by atoms with van der Waals surface area (Å²) in [6.45, 7) is 0. The second kappa shape index (κ2) is 5.80. The topological polar surface area (TPSA) is 57.2 Å². The highest BCUT2D eigenvalue weighted by Gasteiger charge is 1.88. The van der Waals surface area contributed by atoms with Crippen LogP contribution >= 0.6 is 12.6 Å². The average molecular weight is 215 g/mol. The molecule has 76 valence electrons. The molecule has 0 bridgehead atoms. The highest BCUT2D eigenvalue weighted by Crippen LogP contribution is 1.81. The molecule has 0 aromatic rings. The molecule has 0 unspecified atom stereocenters. The first-order chi connectivity index (χ1) is 5.06. The summed E-state index contributed by atoms with van der Waals surface area (Å²) in [6, 6.07) is 0. The molecule has 0 N–H and O–H groups in total. The largest absolute Gasteiger partial charge is 0.748 e. The quantitative estimate of drug-likeness (QED) is 0.394. The SMILES string of the molecule is C[N+](C)(C)C.O=S(=O)([O-])CCS. The first kappa shape index (κ1) is 14.7. The summed E-state index contributed by atoms with van der Waals surface area (Å²) in [5.41, 5.74) is 0. The number of hydrogen-bond donors (Lipinski definition) is 1. The third kappa shape index (κ3) is 48.8. The number of quaternary nitrogens is 1. The van der Waals surface area contributed by atoms with Crippen LogP contribution in [0.1, 0.15) is 0 Å². The van der Waals surface area contributed by atoms with Crippen LogP contribution in [0.5, 0.6) is 0 Å². The van der Waals surface area contributed by atoms with E-state index in [-0.39, 0.29) is 11.5 Å². The van der Waals surface area contributed by atoms with Crippen LogP contribution in [0, 0.1) is 0 Å². The Bertz CT molecular complexity index is 187. The molecule has 0 amide bonds. The van der Waals surface area contributed by atoms with Crippen LogP contribution in [0.2, 0.25) is 0 Å². The van der Waals surface area contributed by atoms with E-state index < -0.39 is 10.1 Å². The zero-order valence-electron chi connectivity index (χ0n) is 7.94. The predicted molar refractivity (Wildman–Crippen MR) is 52.4 cm³/mol. The lowest BCUT2D eigenvalue weighted by Gasteiger charge is -2.14. The van der Waals surface area contributed by atoms with Crippen LogP contribution in [-0.4, -0.2) is 57.1 Å². The monoisotopic (exact) mass is 215 g/mol. The lowest BCUT2D eigenvalue weighted by atomic mass is 10.8. The second-order valence-corrected chi connectivity index (χ2v) is 5.64. The maximum atomic E-state index is 9.63. The summed E-state index contributed by atoms with van der Waals surface area (Å²) >= 11 is 3.53. The summed E-state index contributed by atoms with van der Waals surface area (Å²) in [6.07, 6.45) is 0. The van der Waals surface area contributed by atoms with Crippen LogP contribution in [0.15, 0.2) is 0 Å². The predicted octanol–water partition coefficient (Wildman–Crippen LogP) is -0.216. The van der Waals surface area contributed by atoms with Gasteiger partial charge in [-0.05, 0) is 0 Å². The average Bonchev–Trinajstić information content (AvgIpc) is 1.54. The molecule has 0 aliphatic heterocycles. The van der Waals surface area contributed by atoms with E-state index >= 15 is 0 Å². The van der Waals surface area contributed by atoms with Crippen molar-refractivity contribution in [2.24, 2.45) is 0 Å². The Morgan fingerprint density at radius 3 is 1.50 bits per heavy atom. The van der Waals surface area contributed by atoms with Crippen molar-refractivity contribution < 1.29 is 17.5 Å². The standard InChI is InChI=1S/C4H12N.C2H6O3S2/c1-5(2,3)4;3-7(4,5)2-1-6/h1-4H3;6H,1-2H2,(H,3,4,5)/q+1;/p-1. The fourth-order valence-corrected chi connectivity index (χ4v) is 1.01. The molecule has 0 heterocycles. The van der Waals surface area contributed by atoms with Gasteiger partial charge >= 0.3 is 0 Å². The zero-order valence-corrected chi connectivity index (χ0v) is 9.65. The summed E-state index contributed by atoms with van der Waals surface area (Å²) in [7, 11) is 4.50. The molecule has 4 nitrogen and oxygen atoms in total. The van der Waals surface area contributed by atoms with Crippen molar-refractivity contribution in [3.05, 3.63) is 0 Å². The third-order valence-electron chi connectivity index (χ3n) is 0.341. The molecule has 0 fully saturated rings. The Hall–Kier alpha value is 0.220. The second-order valence-electron chi connectivity index (χ2n) is 3.67. The van der Waals surface area contributed by atoms with E-state index in [2.05, 4.69) is 40.8 Å². The van der Waals surface area contributed by atoms with E-state index in [1.165, 1.54) is 0 Å². The molecule has 0 atom stereocenters. The molecule has 0 aromatic carbocycles. The van der Waals surface area contributed by atoms with Crippen LogP contribution in [0.4, 0.5) is 0 Å². The van der Waals surface area contributed by atoms with Crippen molar-refractivity contribution in [3.8, 4) is 0 Å². The van der Waals surface area contributed by atoms with E-state index in [4.69, 9.17) is 0 Å². The van der Waals surface area contributed by atoms with Gasteiger partial charge in [0.2, 0.25) is 0 Å². The lowest BCUT2D eigenvalue weighted by molar-refractivity contribution is -0.849. The van der Waals surface area contributed by atoms with Crippen LogP contribution in [-0.2, 0) is 10.1 Å². The molecule has 12 heavy (non-hydrogen) atoms. The van der Waals surface area contributed by atoms with Crippen molar-refractivity contribution in [2.75, 3.05) is 39.7 Å². The zero-order chi connectivity index (χ0) is 10.4. The van der Waals surface area contributed by atoms with E-state index in [1.54, 1.807) is 0 Å². The van der Waals surface area contributed by atoms with Gasteiger partial charge in [-0.15, -0.1) is 0 Å². The van der Waals surface area contributed by atoms with Gasteiger partial charge in [0.25, 0.3) is 0 Å². The van der Waals surface area contributed by atoms with Crippen molar-refractivity contribution in [2.45, 2.75) is 0 Å². The lowest BCUT2D eigenvalue weighted by Crippen LogP contribution is -2.27. The smallest absolute Gasteiger partial charge is 0.0954 e. The van der Waals surface area contributed by atoms with E-state index in [1.807, 2.05) is 0 Å². The maximum absolute atomic E-state index is 9.63. The van der Waals surface area contributed by atoms with Gasteiger partial charge in [0.1, 0.15) is 0 Å². The van der Waals surface area contributed by atoms with Gasteiger partial charge in [-0.1, -0.05) is 0 Å². The minimum Gasteiger partial charge on any atom is -0.748 e. The highest BCUT2D eigenvalue weighted by atomic mass is 32.2. The Labute approximate surface area is 80.3 Å². The Balaban J connectivity index is 0. The Morgan fingerprint density at radius 1 is 1.25 bits per heavy atom. The molecular weight excluding hydrogens is 198 g/mol. The minimum atomic E-state index is -4.00. The molecule has 0 radical (unpaired) electrons.